The van der Waals surface area contributed by atoms with Crippen molar-refractivity contribution in [3.05, 3.63) is 48.4 Å². The number of carbonyl (C=O) groups excluding carboxylic acids is 1. The molecule has 7 heteroatoms. The molecule has 2 aromatic rings. The van der Waals surface area contributed by atoms with Crippen LogP contribution in [0.15, 0.2) is 42.7 Å². The molecule has 0 saturated carbocycles. The van der Waals surface area contributed by atoms with Crippen LogP contribution in [-0.4, -0.2) is 65.0 Å². The highest BCUT2D eigenvalue weighted by Gasteiger charge is 2.27. The van der Waals surface area contributed by atoms with Crippen molar-refractivity contribution in [2.24, 2.45) is 0 Å². The minimum Gasteiger partial charge on any atom is -0.368 e. The number of hydrogen-bond acceptors (Lipinski definition) is 6. The van der Waals surface area contributed by atoms with Crippen molar-refractivity contribution in [1.29, 1.82) is 0 Å². The van der Waals surface area contributed by atoms with Gasteiger partial charge in [-0.05, 0) is 50.2 Å². The molecule has 2 aliphatic heterocycles. The van der Waals surface area contributed by atoms with Crippen LogP contribution in [-0.2, 0) is 9.53 Å². The maximum atomic E-state index is 12.6. The lowest BCUT2D eigenvalue weighted by Gasteiger charge is -2.33. The van der Waals surface area contributed by atoms with Crippen LogP contribution in [0.5, 0.6) is 0 Å². The highest BCUT2D eigenvalue weighted by Crippen LogP contribution is 2.23. The summed E-state index contributed by atoms with van der Waals surface area (Å²) < 4.78 is 5.87. The van der Waals surface area contributed by atoms with Crippen molar-refractivity contribution in [1.82, 2.24) is 19.8 Å². The second-order valence-corrected chi connectivity index (χ2v) is 6.99. The summed E-state index contributed by atoms with van der Waals surface area (Å²) in [6.45, 7) is 4.35. The summed E-state index contributed by atoms with van der Waals surface area (Å²) in [6.07, 6.45) is 5.74. The van der Waals surface area contributed by atoms with Crippen LogP contribution in [0.2, 0.25) is 0 Å². The largest absolute Gasteiger partial charge is 0.368 e. The average molecular weight is 367 g/mol. The van der Waals surface area contributed by atoms with Crippen molar-refractivity contribution in [2.45, 2.75) is 18.9 Å². The van der Waals surface area contributed by atoms with Crippen molar-refractivity contribution < 1.29 is 9.53 Å². The lowest BCUT2D eigenvalue weighted by Crippen LogP contribution is -2.46. The molecule has 7 nitrogen and oxygen atoms in total. The molecular formula is C20H25N5O2. The molecule has 0 aromatic carbocycles. The zero-order valence-electron chi connectivity index (χ0n) is 15.4. The fourth-order valence-corrected chi connectivity index (χ4v) is 3.54. The van der Waals surface area contributed by atoms with Gasteiger partial charge in [0.05, 0.1) is 37.3 Å². The summed E-state index contributed by atoms with van der Waals surface area (Å²) in [5.74, 6) is 0.971. The highest BCUT2D eigenvalue weighted by molar-refractivity contribution is 5.78. The number of nitrogens with zero attached hydrogens (tertiary/aromatic N) is 4. The van der Waals surface area contributed by atoms with Crippen molar-refractivity contribution in [3.63, 3.8) is 0 Å². The number of aromatic nitrogens is 2. The van der Waals surface area contributed by atoms with Gasteiger partial charge in [-0.2, -0.15) is 0 Å². The van der Waals surface area contributed by atoms with E-state index in [0.717, 1.165) is 30.3 Å². The summed E-state index contributed by atoms with van der Waals surface area (Å²) in [5.41, 5.74) is 1.72. The van der Waals surface area contributed by atoms with Crippen LogP contribution in [0.1, 0.15) is 24.6 Å². The Morgan fingerprint density at radius 1 is 1.15 bits per heavy atom. The smallest absolute Gasteiger partial charge is 0.236 e. The predicted molar refractivity (Wildman–Crippen MR) is 103 cm³/mol. The lowest BCUT2D eigenvalue weighted by molar-refractivity contribution is -0.140. The van der Waals surface area contributed by atoms with Crippen LogP contribution in [0.25, 0.3) is 0 Å². The number of ether oxygens (including phenoxy) is 1. The molecule has 1 N–H and O–H groups in total. The fraction of sp³-hybridized carbons (Fsp3) is 0.450. The maximum Gasteiger partial charge on any atom is 0.236 e. The number of amides is 1. The Morgan fingerprint density at radius 3 is 2.78 bits per heavy atom. The maximum absolute atomic E-state index is 12.6. The first-order valence-corrected chi connectivity index (χ1v) is 9.54. The van der Waals surface area contributed by atoms with E-state index in [2.05, 4.69) is 20.2 Å². The van der Waals surface area contributed by atoms with Gasteiger partial charge in [0.1, 0.15) is 11.9 Å². The number of hydrogen-bond donors (Lipinski definition) is 1. The number of anilines is 2. The van der Waals surface area contributed by atoms with Crippen molar-refractivity contribution in [2.75, 3.05) is 44.6 Å². The molecule has 2 aliphatic rings. The summed E-state index contributed by atoms with van der Waals surface area (Å²) in [4.78, 5) is 25.5. The first-order chi connectivity index (χ1) is 13.3. The molecule has 2 saturated heterocycles. The molecule has 4 rings (SSSR count). The van der Waals surface area contributed by atoms with Gasteiger partial charge in [0.15, 0.2) is 0 Å². The standard InChI is InChI=1S/C20H25N5O2/c26-20(15-24-9-3-4-10-24)25-11-12-27-18(14-25)17-7-6-16(13-22-17)23-19-5-1-2-8-21-19/h1-2,5-8,13,18H,3-4,9-12,14-15H2,(H,21,23)/t18-/m0/s1. The third kappa shape index (κ3) is 4.61. The zero-order chi connectivity index (χ0) is 18.5. The second kappa shape index (κ2) is 8.45. The number of nitrogens with one attached hydrogen (secondary N) is 1. The SMILES string of the molecule is O=C(CN1CCCC1)N1CCO[C@H](c2ccc(Nc3ccccn3)cn2)C1. The van der Waals surface area contributed by atoms with Crippen LogP contribution in [0, 0.1) is 0 Å². The first kappa shape index (κ1) is 17.9. The molecule has 2 fully saturated rings. The summed E-state index contributed by atoms with van der Waals surface area (Å²) in [5, 5.41) is 3.22. The van der Waals surface area contributed by atoms with Gasteiger partial charge in [-0.3, -0.25) is 14.7 Å². The fourth-order valence-electron chi connectivity index (χ4n) is 3.54. The summed E-state index contributed by atoms with van der Waals surface area (Å²) in [6, 6.07) is 9.63. The summed E-state index contributed by atoms with van der Waals surface area (Å²) in [7, 11) is 0. The Kier molecular flexibility index (Phi) is 5.60. The van der Waals surface area contributed by atoms with Gasteiger partial charge in [0, 0.05) is 12.7 Å². The van der Waals surface area contributed by atoms with Crippen molar-refractivity contribution >= 4 is 17.4 Å². The molecule has 2 aromatic heterocycles. The minimum absolute atomic E-state index is 0.176. The topological polar surface area (TPSA) is 70.6 Å². The Bertz CT molecular complexity index is 747. The summed E-state index contributed by atoms with van der Waals surface area (Å²) >= 11 is 0. The number of carbonyl (C=O) groups is 1. The van der Waals surface area contributed by atoms with E-state index in [0.29, 0.717) is 26.2 Å². The number of likely N-dealkylation sites (tertiary alicyclic amines) is 1. The lowest BCUT2D eigenvalue weighted by atomic mass is 10.1. The van der Waals surface area contributed by atoms with Gasteiger partial charge in [-0.1, -0.05) is 6.07 Å². The van der Waals surface area contributed by atoms with Crippen LogP contribution in [0.4, 0.5) is 11.5 Å². The molecule has 0 spiro atoms. The van der Waals surface area contributed by atoms with E-state index in [1.54, 1.807) is 12.4 Å². The van der Waals surface area contributed by atoms with Crippen LogP contribution >= 0.6 is 0 Å². The highest BCUT2D eigenvalue weighted by atomic mass is 16.5. The predicted octanol–water partition coefficient (Wildman–Crippen LogP) is 2.22. The molecule has 4 heterocycles. The van der Waals surface area contributed by atoms with E-state index >= 15 is 0 Å². The molecular weight excluding hydrogens is 342 g/mol. The monoisotopic (exact) mass is 367 g/mol. The number of rotatable bonds is 5. The zero-order valence-corrected chi connectivity index (χ0v) is 15.4. The third-order valence-electron chi connectivity index (χ3n) is 5.03. The van der Waals surface area contributed by atoms with Crippen LogP contribution in [0.3, 0.4) is 0 Å². The number of pyridine rings is 2. The molecule has 27 heavy (non-hydrogen) atoms. The Hall–Kier alpha value is -2.51. The van der Waals surface area contributed by atoms with E-state index in [-0.39, 0.29) is 12.0 Å². The molecule has 1 atom stereocenters. The van der Waals surface area contributed by atoms with Gasteiger partial charge in [-0.25, -0.2) is 4.98 Å². The molecule has 142 valence electrons. The normalized spacial score (nSPS) is 20.6. The molecule has 0 bridgehead atoms. The Balaban J connectivity index is 1.35. The van der Waals surface area contributed by atoms with E-state index < -0.39 is 0 Å². The Labute approximate surface area is 159 Å². The van der Waals surface area contributed by atoms with Crippen molar-refractivity contribution in [3.8, 4) is 0 Å². The van der Waals surface area contributed by atoms with E-state index in [1.165, 1.54) is 12.8 Å². The van der Waals surface area contributed by atoms with Gasteiger partial charge < -0.3 is 15.0 Å². The quantitative estimate of drug-likeness (QED) is 0.874. The van der Waals surface area contributed by atoms with Gasteiger partial charge >= 0.3 is 0 Å². The average Bonchev–Trinajstić information content (AvgIpc) is 3.22. The first-order valence-electron chi connectivity index (χ1n) is 9.54. The van der Waals surface area contributed by atoms with E-state index in [1.807, 2.05) is 35.2 Å². The number of morpholine rings is 1. The minimum atomic E-state index is -0.176. The molecule has 1 amide bonds. The van der Waals surface area contributed by atoms with Gasteiger partial charge in [-0.15, -0.1) is 0 Å². The van der Waals surface area contributed by atoms with Gasteiger partial charge in [0.25, 0.3) is 0 Å². The second-order valence-electron chi connectivity index (χ2n) is 6.99. The van der Waals surface area contributed by atoms with E-state index in [4.69, 9.17) is 4.74 Å². The third-order valence-corrected chi connectivity index (χ3v) is 5.03. The van der Waals surface area contributed by atoms with E-state index in [9.17, 15) is 4.79 Å². The van der Waals surface area contributed by atoms with Gasteiger partial charge in [0.2, 0.25) is 5.91 Å². The molecule has 0 unspecified atom stereocenters. The molecule has 0 radical (unpaired) electrons. The molecule has 0 aliphatic carbocycles. The van der Waals surface area contributed by atoms with Crippen LogP contribution < -0.4 is 5.32 Å². The Morgan fingerprint density at radius 2 is 2.04 bits per heavy atom.